The molecule has 1 aromatic heterocycles. The van der Waals surface area contributed by atoms with Crippen LogP contribution in [-0.2, 0) is 0 Å². The Morgan fingerprint density at radius 3 is 2.38 bits per heavy atom. The molecule has 0 amide bonds. The topological polar surface area (TPSA) is 24.9 Å². The summed E-state index contributed by atoms with van der Waals surface area (Å²) in [5, 5.41) is 5.12. The molecule has 2 nitrogen and oxygen atoms in total. The number of hydrogen-bond acceptors (Lipinski definition) is 2. The zero-order valence-electron chi connectivity index (χ0n) is 11.5. The van der Waals surface area contributed by atoms with E-state index in [1.54, 1.807) is 0 Å². The summed E-state index contributed by atoms with van der Waals surface area (Å²) >= 11 is 18.1. The fourth-order valence-corrected chi connectivity index (χ4v) is 3.21. The molecular formula is C16H15Cl3N2. The van der Waals surface area contributed by atoms with Gasteiger partial charge in [-0.2, -0.15) is 0 Å². The minimum Gasteiger partial charge on any atom is -0.375 e. The third-order valence-corrected chi connectivity index (χ3v) is 4.48. The second-order valence-electron chi connectivity index (χ2n) is 5.44. The van der Waals surface area contributed by atoms with Crippen LogP contribution in [0.2, 0.25) is 15.3 Å². The highest BCUT2D eigenvalue weighted by Gasteiger charge is 2.33. The number of aromatic nitrogens is 1. The van der Waals surface area contributed by atoms with Crippen molar-refractivity contribution in [3.05, 3.63) is 56.8 Å². The van der Waals surface area contributed by atoms with Crippen molar-refractivity contribution in [1.29, 1.82) is 0 Å². The van der Waals surface area contributed by atoms with E-state index < -0.39 is 0 Å². The summed E-state index contributed by atoms with van der Waals surface area (Å²) in [6.45, 7) is 1.98. The fourth-order valence-electron chi connectivity index (χ4n) is 2.50. The van der Waals surface area contributed by atoms with Crippen molar-refractivity contribution in [2.75, 3.05) is 5.32 Å². The van der Waals surface area contributed by atoms with Gasteiger partial charge in [-0.1, -0.05) is 46.9 Å². The molecule has 0 aliphatic heterocycles. The second kappa shape index (κ2) is 6.04. The van der Waals surface area contributed by atoms with Gasteiger partial charge in [-0.3, -0.25) is 0 Å². The van der Waals surface area contributed by atoms with Crippen LogP contribution in [-0.4, -0.2) is 4.98 Å². The van der Waals surface area contributed by atoms with Crippen LogP contribution in [0.4, 0.5) is 5.69 Å². The Bertz CT molecular complexity index is 628. The Morgan fingerprint density at radius 2 is 1.81 bits per heavy atom. The Balaban J connectivity index is 1.91. The van der Waals surface area contributed by atoms with Crippen LogP contribution in [0.25, 0.3) is 0 Å². The Kier molecular flexibility index (Phi) is 4.30. The van der Waals surface area contributed by atoms with E-state index in [2.05, 4.69) is 22.4 Å². The van der Waals surface area contributed by atoms with Gasteiger partial charge in [0.05, 0.1) is 11.7 Å². The second-order valence-corrected chi connectivity index (χ2v) is 6.62. The number of rotatable bonds is 4. The van der Waals surface area contributed by atoms with E-state index in [9.17, 15) is 0 Å². The average Bonchev–Trinajstić information content (AvgIpc) is 3.24. The van der Waals surface area contributed by atoms with Crippen LogP contribution < -0.4 is 5.32 Å². The van der Waals surface area contributed by atoms with Gasteiger partial charge < -0.3 is 5.32 Å². The molecule has 1 unspecified atom stereocenters. The minimum atomic E-state index is 0.224. The molecule has 0 bridgehead atoms. The molecule has 1 aliphatic rings. The van der Waals surface area contributed by atoms with Crippen LogP contribution in [0.1, 0.15) is 30.0 Å². The predicted molar refractivity (Wildman–Crippen MR) is 89.5 cm³/mol. The Hall–Kier alpha value is -0.960. The molecule has 1 fully saturated rings. The molecule has 110 valence electrons. The molecule has 1 heterocycles. The summed E-state index contributed by atoms with van der Waals surface area (Å²) in [5.41, 5.74) is 3.07. The summed E-state index contributed by atoms with van der Waals surface area (Å²) in [4.78, 5) is 4.12. The Labute approximate surface area is 139 Å². The molecule has 0 radical (unpaired) electrons. The molecule has 2 aromatic rings. The van der Waals surface area contributed by atoms with E-state index >= 15 is 0 Å². The molecule has 1 N–H and O–H groups in total. The molecule has 0 spiro atoms. The van der Waals surface area contributed by atoms with Crippen LogP contribution in [0.5, 0.6) is 0 Å². The number of pyridine rings is 1. The maximum atomic E-state index is 6.24. The molecule has 3 rings (SSSR count). The largest absolute Gasteiger partial charge is 0.375 e. The van der Waals surface area contributed by atoms with Gasteiger partial charge in [0, 0.05) is 5.02 Å². The summed E-state index contributed by atoms with van der Waals surface area (Å²) < 4.78 is 0. The maximum absolute atomic E-state index is 6.24. The van der Waals surface area contributed by atoms with Gasteiger partial charge in [0.1, 0.15) is 5.15 Å². The number of aryl methyl sites for hydroxylation is 1. The van der Waals surface area contributed by atoms with Crippen molar-refractivity contribution < 1.29 is 0 Å². The number of benzene rings is 1. The number of halogens is 3. The molecule has 1 atom stereocenters. The highest BCUT2D eigenvalue weighted by molar-refractivity contribution is 6.34. The quantitative estimate of drug-likeness (QED) is 0.699. The molecular weight excluding hydrogens is 327 g/mol. The lowest BCUT2D eigenvalue weighted by atomic mass is 10.0. The smallest absolute Gasteiger partial charge is 0.154 e. The predicted octanol–water partition coefficient (Wildman–Crippen LogP) is 5.91. The first kappa shape index (κ1) is 15.0. The van der Waals surface area contributed by atoms with Gasteiger partial charge in [-0.05, 0) is 55.0 Å². The van der Waals surface area contributed by atoms with E-state index in [4.69, 9.17) is 34.8 Å². The van der Waals surface area contributed by atoms with Crippen molar-refractivity contribution in [3.63, 3.8) is 0 Å². The number of nitrogens with zero attached hydrogens (tertiary/aromatic N) is 1. The summed E-state index contributed by atoms with van der Waals surface area (Å²) in [5.74, 6) is 0.623. The van der Waals surface area contributed by atoms with E-state index in [0.29, 0.717) is 16.2 Å². The molecule has 5 heteroatoms. The van der Waals surface area contributed by atoms with Crippen LogP contribution in [0.15, 0.2) is 30.3 Å². The number of hydrogen-bond donors (Lipinski definition) is 1. The first-order valence-corrected chi connectivity index (χ1v) is 8.02. The summed E-state index contributed by atoms with van der Waals surface area (Å²) in [6.07, 6.45) is 2.44. The van der Waals surface area contributed by atoms with Crippen molar-refractivity contribution in [2.24, 2.45) is 5.92 Å². The first-order valence-electron chi connectivity index (χ1n) is 6.89. The van der Waals surface area contributed by atoms with E-state index in [1.165, 1.54) is 18.4 Å². The highest BCUT2D eigenvalue weighted by atomic mass is 35.5. The molecule has 1 aromatic carbocycles. The molecule has 1 saturated carbocycles. The molecule has 0 saturated heterocycles. The van der Waals surface area contributed by atoms with Crippen molar-refractivity contribution in [3.8, 4) is 0 Å². The first-order chi connectivity index (χ1) is 10.0. The van der Waals surface area contributed by atoms with Gasteiger partial charge in [-0.25, -0.2) is 4.98 Å². The lowest BCUT2D eigenvalue weighted by Gasteiger charge is -2.22. The van der Waals surface area contributed by atoms with Crippen LogP contribution in [0, 0.1) is 12.8 Å². The average molecular weight is 342 g/mol. The standard InChI is InChI=1S/C16H15Cl3N2/c1-9-8-13(18)20-16(19)14(9)21-15(10-2-3-10)11-4-6-12(17)7-5-11/h4-8,10,15,21H,2-3H2,1H3. The third kappa shape index (κ3) is 3.45. The van der Waals surface area contributed by atoms with E-state index in [0.717, 1.165) is 16.3 Å². The third-order valence-electron chi connectivity index (χ3n) is 3.76. The van der Waals surface area contributed by atoms with E-state index in [-0.39, 0.29) is 6.04 Å². The van der Waals surface area contributed by atoms with Crippen molar-refractivity contribution >= 4 is 40.5 Å². The minimum absolute atomic E-state index is 0.224. The monoisotopic (exact) mass is 340 g/mol. The van der Waals surface area contributed by atoms with Gasteiger partial charge in [-0.15, -0.1) is 0 Å². The molecule has 1 aliphatic carbocycles. The van der Waals surface area contributed by atoms with Gasteiger partial charge in [0.25, 0.3) is 0 Å². The lowest BCUT2D eigenvalue weighted by Crippen LogP contribution is -2.14. The fraction of sp³-hybridized carbons (Fsp3) is 0.312. The van der Waals surface area contributed by atoms with E-state index in [1.807, 2.05) is 25.1 Å². The SMILES string of the molecule is Cc1cc(Cl)nc(Cl)c1NC(c1ccc(Cl)cc1)C1CC1. The lowest BCUT2D eigenvalue weighted by molar-refractivity contribution is 0.678. The van der Waals surface area contributed by atoms with Crippen molar-refractivity contribution in [2.45, 2.75) is 25.8 Å². The van der Waals surface area contributed by atoms with Crippen LogP contribution in [0.3, 0.4) is 0 Å². The van der Waals surface area contributed by atoms with Gasteiger partial charge >= 0.3 is 0 Å². The van der Waals surface area contributed by atoms with Gasteiger partial charge in [0.2, 0.25) is 0 Å². The number of anilines is 1. The van der Waals surface area contributed by atoms with Crippen molar-refractivity contribution in [1.82, 2.24) is 4.98 Å². The zero-order chi connectivity index (χ0) is 15.0. The maximum Gasteiger partial charge on any atom is 0.154 e. The van der Waals surface area contributed by atoms with Crippen LogP contribution >= 0.6 is 34.8 Å². The number of nitrogens with one attached hydrogen (secondary N) is 1. The normalized spacial score (nSPS) is 15.8. The molecule has 21 heavy (non-hydrogen) atoms. The van der Waals surface area contributed by atoms with Gasteiger partial charge in [0.15, 0.2) is 5.15 Å². The highest BCUT2D eigenvalue weighted by Crippen LogP contribution is 2.44. The zero-order valence-corrected chi connectivity index (χ0v) is 13.8. The summed E-state index contributed by atoms with van der Waals surface area (Å²) in [6, 6.07) is 10.0. The summed E-state index contributed by atoms with van der Waals surface area (Å²) in [7, 11) is 0. The Morgan fingerprint density at radius 1 is 1.14 bits per heavy atom.